The molecule has 0 aliphatic carbocycles. The molecule has 0 unspecified atom stereocenters. The number of thioether (sulfide) groups is 1. The molecule has 0 aromatic carbocycles. The fourth-order valence-corrected chi connectivity index (χ4v) is 4.30. The molecule has 0 bridgehead atoms. The van der Waals surface area contributed by atoms with E-state index in [0.717, 1.165) is 25.0 Å². The maximum Gasteiger partial charge on any atom is 0.315 e. The van der Waals surface area contributed by atoms with Crippen LogP contribution in [0.2, 0.25) is 0 Å². The van der Waals surface area contributed by atoms with Gasteiger partial charge in [-0.2, -0.15) is 11.8 Å². The summed E-state index contributed by atoms with van der Waals surface area (Å²) in [5, 5.41) is 9.41. The average molecular weight is 299 g/mol. The van der Waals surface area contributed by atoms with Gasteiger partial charge in [-0.15, -0.1) is 0 Å². The van der Waals surface area contributed by atoms with E-state index in [1.54, 1.807) is 0 Å². The first-order chi connectivity index (χ1) is 9.35. The molecule has 5 nitrogen and oxygen atoms in total. The summed E-state index contributed by atoms with van der Waals surface area (Å²) >= 11 is 1.93. The van der Waals surface area contributed by atoms with Crippen LogP contribution in [0, 0.1) is 0 Å². The van der Waals surface area contributed by atoms with E-state index in [1.807, 2.05) is 32.5 Å². The topological polar surface area (TPSA) is 70.2 Å². The van der Waals surface area contributed by atoms with Gasteiger partial charge < -0.3 is 16.0 Å². The highest BCUT2D eigenvalue weighted by molar-refractivity contribution is 8.00. The molecule has 2 rings (SSSR count). The molecule has 0 radical (unpaired) electrons. The van der Waals surface area contributed by atoms with Crippen LogP contribution in [0.1, 0.15) is 46.5 Å². The first-order valence-corrected chi connectivity index (χ1v) is 8.40. The summed E-state index contributed by atoms with van der Waals surface area (Å²) < 4.78 is 0. The molecule has 3 amide bonds. The Kier molecular flexibility index (Phi) is 4.83. The quantitative estimate of drug-likeness (QED) is 0.534. The van der Waals surface area contributed by atoms with Gasteiger partial charge in [0.05, 0.1) is 12.1 Å². The maximum absolute atomic E-state index is 11.7. The van der Waals surface area contributed by atoms with Crippen molar-refractivity contribution in [3.63, 3.8) is 0 Å². The lowest BCUT2D eigenvalue weighted by molar-refractivity contribution is -0.122. The van der Waals surface area contributed by atoms with Gasteiger partial charge in [0.15, 0.2) is 0 Å². The molecule has 3 atom stereocenters. The smallest absolute Gasteiger partial charge is 0.315 e. The van der Waals surface area contributed by atoms with Crippen molar-refractivity contribution in [1.29, 1.82) is 0 Å². The molecule has 6 heteroatoms. The van der Waals surface area contributed by atoms with Gasteiger partial charge in [0.25, 0.3) is 0 Å². The van der Waals surface area contributed by atoms with Crippen LogP contribution in [0.3, 0.4) is 0 Å². The van der Waals surface area contributed by atoms with Crippen molar-refractivity contribution < 1.29 is 9.59 Å². The normalized spacial score (nSPS) is 28.8. The van der Waals surface area contributed by atoms with Crippen molar-refractivity contribution in [2.24, 2.45) is 0 Å². The summed E-state index contributed by atoms with van der Waals surface area (Å²) in [5.41, 5.74) is -0.147. The van der Waals surface area contributed by atoms with Crippen molar-refractivity contribution in [2.75, 3.05) is 5.75 Å². The zero-order valence-electron chi connectivity index (χ0n) is 12.5. The third-order valence-corrected chi connectivity index (χ3v) is 5.10. The van der Waals surface area contributed by atoms with Gasteiger partial charge >= 0.3 is 6.03 Å². The molecule has 0 spiro atoms. The molecule has 3 N–H and O–H groups in total. The molecule has 2 fully saturated rings. The Balaban J connectivity index is 1.62. The minimum atomic E-state index is -0.147. The summed E-state index contributed by atoms with van der Waals surface area (Å²) in [6.07, 6.45) is 3.61. The van der Waals surface area contributed by atoms with Crippen molar-refractivity contribution in [3.8, 4) is 0 Å². The SMILES string of the molecule is CC(C)(C)NC(=O)CCCC[C@@H]1SC[C@@H]2NC(=O)N[C@@H]21. The van der Waals surface area contributed by atoms with E-state index in [-0.39, 0.29) is 23.5 Å². The highest BCUT2D eigenvalue weighted by Gasteiger charge is 2.42. The predicted molar refractivity (Wildman–Crippen MR) is 81.9 cm³/mol. The molecular weight excluding hydrogens is 274 g/mol. The lowest BCUT2D eigenvalue weighted by Crippen LogP contribution is -2.40. The molecule has 2 aliphatic heterocycles. The second-order valence-electron chi connectivity index (χ2n) is 6.67. The Bertz CT molecular complexity index is 381. The van der Waals surface area contributed by atoms with Gasteiger partial charge in [0.2, 0.25) is 5.91 Å². The van der Waals surface area contributed by atoms with Crippen LogP contribution in [0.15, 0.2) is 0 Å². The van der Waals surface area contributed by atoms with Crippen LogP contribution in [0.4, 0.5) is 4.79 Å². The Morgan fingerprint density at radius 3 is 2.80 bits per heavy atom. The summed E-state index contributed by atoms with van der Waals surface area (Å²) in [5.74, 6) is 1.13. The van der Waals surface area contributed by atoms with E-state index in [4.69, 9.17) is 0 Å². The number of nitrogens with one attached hydrogen (secondary N) is 3. The average Bonchev–Trinajstić information content (AvgIpc) is 2.82. The van der Waals surface area contributed by atoms with Crippen LogP contribution in [-0.4, -0.2) is 40.6 Å². The van der Waals surface area contributed by atoms with Crippen LogP contribution in [-0.2, 0) is 4.79 Å². The Hall–Kier alpha value is -0.910. The highest BCUT2D eigenvalue weighted by Crippen LogP contribution is 2.33. The van der Waals surface area contributed by atoms with Crippen molar-refractivity contribution in [3.05, 3.63) is 0 Å². The van der Waals surface area contributed by atoms with Gasteiger partial charge in [0.1, 0.15) is 0 Å². The molecule has 0 saturated carbocycles. The monoisotopic (exact) mass is 299 g/mol. The molecule has 2 saturated heterocycles. The molecule has 2 heterocycles. The van der Waals surface area contributed by atoms with E-state index in [9.17, 15) is 9.59 Å². The van der Waals surface area contributed by atoms with Crippen molar-refractivity contribution in [2.45, 2.75) is 69.3 Å². The predicted octanol–water partition coefficient (Wildman–Crippen LogP) is 1.63. The van der Waals surface area contributed by atoms with E-state index in [0.29, 0.717) is 17.7 Å². The van der Waals surface area contributed by atoms with Crippen molar-refractivity contribution in [1.82, 2.24) is 16.0 Å². The summed E-state index contributed by atoms with van der Waals surface area (Å²) in [6.45, 7) is 5.99. The van der Waals surface area contributed by atoms with Crippen LogP contribution in [0.25, 0.3) is 0 Å². The second-order valence-corrected chi connectivity index (χ2v) is 7.94. The second kappa shape index (κ2) is 6.24. The lowest BCUT2D eigenvalue weighted by atomic mass is 10.0. The summed E-state index contributed by atoms with van der Waals surface area (Å²) in [4.78, 5) is 23.0. The molecule has 20 heavy (non-hydrogen) atoms. The standard InChI is InChI=1S/C14H25N3O2S/c1-14(2,3)17-11(18)7-5-4-6-10-12-9(8-20-10)15-13(19)16-12/h9-10,12H,4-8H2,1-3H3,(H,17,18)(H2,15,16,19)/t9-,10-,12-/m0/s1. The van der Waals surface area contributed by atoms with Gasteiger partial charge in [-0.3, -0.25) is 4.79 Å². The number of unbranched alkanes of at least 4 members (excludes halogenated alkanes) is 1. The van der Waals surface area contributed by atoms with Gasteiger partial charge in [-0.25, -0.2) is 4.79 Å². The van der Waals surface area contributed by atoms with Gasteiger partial charge in [-0.1, -0.05) is 6.42 Å². The highest BCUT2D eigenvalue weighted by atomic mass is 32.2. The number of rotatable bonds is 5. The third kappa shape index (κ3) is 4.30. The van der Waals surface area contributed by atoms with E-state index < -0.39 is 0 Å². The molecule has 2 aliphatic rings. The van der Waals surface area contributed by atoms with Crippen LogP contribution >= 0.6 is 11.8 Å². The van der Waals surface area contributed by atoms with Crippen LogP contribution in [0.5, 0.6) is 0 Å². The first-order valence-electron chi connectivity index (χ1n) is 7.35. The third-order valence-electron chi connectivity index (χ3n) is 3.60. The summed E-state index contributed by atoms with van der Waals surface area (Å²) in [6, 6.07) is 0.535. The number of hydrogen-bond donors (Lipinski definition) is 3. The minimum Gasteiger partial charge on any atom is -0.352 e. The summed E-state index contributed by atoms with van der Waals surface area (Å²) in [7, 11) is 0. The number of carbonyl (C=O) groups excluding carboxylic acids is 2. The van der Waals surface area contributed by atoms with Gasteiger partial charge in [0, 0.05) is 23.0 Å². The maximum atomic E-state index is 11.7. The Morgan fingerprint density at radius 2 is 2.10 bits per heavy atom. The Labute approximate surface area is 125 Å². The molecule has 0 aromatic rings. The van der Waals surface area contributed by atoms with E-state index in [2.05, 4.69) is 16.0 Å². The number of urea groups is 1. The zero-order valence-corrected chi connectivity index (χ0v) is 13.3. The first kappa shape index (κ1) is 15.5. The van der Waals surface area contributed by atoms with Crippen molar-refractivity contribution >= 4 is 23.7 Å². The number of hydrogen-bond acceptors (Lipinski definition) is 3. The number of amides is 3. The van der Waals surface area contributed by atoms with E-state index in [1.165, 1.54) is 0 Å². The largest absolute Gasteiger partial charge is 0.352 e. The number of fused-ring (bicyclic) bond motifs is 1. The Morgan fingerprint density at radius 1 is 1.35 bits per heavy atom. The molecular formula is C14H25N3O2S. The fraction of sp³-hybridized carbons (Fsp3) is 0.857. The zero-order chi connectivity index (χ0) is 14.8. The van der Waals surface area contributed by atoms with E-state index >= 15 is 0 Å². The number of carbonyl (C=O) groups is 2. The fourth-order valence-electron chi connectivity index (χ4n) is 2.75. The lowest BCUT2D eigenvalue weighted by Gasteiger charge is -2.20. The molecule has 114 valence electrons. The molecule has 0 aromatic heterocycles. The van der Waals surface area contributed by atoms with Gasteiger partial charge in [-0.05, 0) is 33.6 Å². The van der Waals surface area contributed by atoms with Crippen LogP contribution < -0.4 is 16.0 Å². The minimum absolute atomic E-state index is 0.0325.